The number of imide groups is 1. The molecule has 7 heterocycles. The van der Waals surface area contributed by atoms with Gasteiger partial charge in [-0.25, -0.2) is 19.2 Å². The van der Waals surface area contributed by atoms with Crippen LogP contribution in [0.1, 0.15) is 85.8 Å². The van der Waals surface area contributed by atoms with Gasteiger partial charge in [-0.15, -0.1) is 0 Å². The van der Waals surface area contributed by atoms with Gasteiger partial charge in [-0.2, -0.15) is 10.1 Å². The van der Waals surface area contributed by atoms with Crippen molar-refractivity contribution in [2.24, 2.45) is 7.05 Å². The van der Waals surface area contributed by atoms with Crippen LogP contribution >= 0.6 is 0 Å². The Morgan fingerprint density at radius 3 is 2.45 bits per heavy atom. The van der Waals surface area contributed by atoms with Gasteiger partial charge in [0.05, 0.1) is 23.0 Å². The Kier molecular flexibility index (Phi) is 9.69. The summed E-state index contributed by atoms with van der Waals surface area (Å²) in [5.41, 5.74) is 2.74. The summed E-state index contributed by atoms with van der Waals surface area (Å²) in [4.78, 5) is 70.2. The molecule has 3 amide bonds. The highest BCUT2D eigenvalue weighted by atomic mass is 19.1. The summed E-state index contributed by atoms with van der Waals surface area (Å²) in [5, 5.41) is 11.6. The van der Waals surface area contributed by atoms with E-state index in [9.17, 15) is 19.2 Å². The number of aromatic nitrogens is 6. The number of amides is 3. The minimum absolute atomic E-state index is 0.00301. The second-order valence-corrected chi connectivity index (χ2v) is 16.5. The first-order chi connectivity index (χ1) is 27.9. The second kappa shape index (κ2) is 14.9. The number of likely N-dealkylation sites (tertiary alicyclic amines) is 1. The summed E-state index contributed by atoms with van der Waals surface area (Å²) in [6, 6.07) is 9.74. The molecule has 1 aliphatic carbocycles. The normalized spacial score (nSPS) is 19.2. The molecule has 0 atom stereocenters. The molecule has 4 aromatic heterocycles. The average Bonchev–Trinajstić information content (AvgIpc) is 3.84. The van der Waals surface area contributed by atoms with Crippen LogP contribution in [0.5, 0.6) is 0 Å². The minimum atomic E-state index is -1.23. The van der Waals surface area contributed by atoms with Crippen LogP contribution < -0.4 is 26.0 Å². The smallest absolute Gasteiger partial charge is 0.329 e. The zero-order valence-electron chi connectivity index (χ0n) is 33.1. The summed E-state index contributed by atoms with van der Waals surface area (Å²) in [6.07, 6.45) is 10.5. The number of aryl methyl sites for hydroxylation is 3. The second-order valence-electron chi connectivity index (χ2n) is 16.5. The monoisotopic (exact) mass is 789 g/mol. The summed E-state index contributed by atoms with van der Waals surface area (Å²) in [6.45, 7) is 6.08. The maximum absolute atomic E-state index is 15.9. The molecule has 3 saturated heterocycles. The summed E-state index contributed by atoms with van der Waals surface area (Å²) < 4.78 is 19.3. The third-order valence-corrected chi connectivity index (χ3v) is 12.6. The minimum Gasteiger partial charge on any atom is -0.370 e. The highest BCUT2D eigenvalue weighted by Gasteiger charge is 2.46. The van der Waals surface area contributed by atoms with Gasteiger partial charge in [0.1, 0.15) is 17.1 Å². The van der Waals surface area contributed by atoms with Gasteiger partial charge in [0.15, 0.2) is 11.6 Å². The van der Waals surface area contributed by atoms with E-state index in [-0.39, 0.29) is 41.8 Å². The fourth-order valence-electron chi connectivity index (χ4n) is 9.43. The van der Waals surface area contributed by atoms with E-state index < -0.39 is 11.7 Å². The molecule has 302 valence electrons. The predicted octanol–water partition coefficient (Wildman–Crippen LogP) is 5.51. The molecule has 1 aromatic carbocycles. The van der Waals surface area contributed by atoms with E-state index in [0.29, 0.717) is 66.2 Å². The average molecular weight is 790 g/mol. The Labute approximate surface area is 334 Å². The molecular formula is C42H48FN11O4. The van der Waals surface area contributed by atoms with Gasteiger partial charge < -0.3 is 10.2 Å². The van der Waals surface area contributed by atoms with Gasteiger partial charge in [0.25, 0.3) is 5.56 Å². The molecule has 4 fully saturated rings. The molecule has 58 heavy (non-hydrogen) atoms. The molecule has 1 saturated carbocycles. The van der Waals surface area contributed by atoms with Crippen molar-refractivity contribution in [3.8, 4) is 0 Å². The number of piperidine rings is 1. The number of halogens is 1. The highest BCUT2D eigenvalue weighted by Crippen LogP contribution is 2.37. The van der Waals surface area contributed by atoms with E-state index in [1.807, 2.05) is 43.6 Å². The first-order valence-electron chi connectivity index (χ1n) is 20.4. The Hall–Kier alpha value is -5.77. The van der Waals surface area contributed by atoms with Crippen molar-refractivity contribution in [3.05, 3.63) is 69.8 Å². The molecule has 0 bridgehead atoms. The number of Topliss-reactive ketones (excluding diaryl/α,β-unsaturated/α-hetero) is 1. The molecule has 0 unspecified atom stereocenters. The first-order valence-corrected chi connectivity index (χ1v) is 20.4. The first kappa shape index (κ1) is 37.8. The van der Waals surface area contributed by atoms with Crippen molar-refractivity contribution in [2.75, 3.05) is 47.8 Å². The van der Waals surface area contributed by atoms with Gasteiger partial charge >= 0.3 is 6.03 Å². The van der Waals surface area contributed by atoms with Crippen LogP contribution in [-0.4, -0.2) is 96.4 Å². The number of hydrogen-bond acceptors (Lipinski definition) is 11. The number of fused-ring (bicyclic) bond motifs is 2. The number of benzene rings is 1. The number of carbonyl (C=O) groups is 3. The number of urea groups is 1. The Bertz CT molecular complexity index is 2500. The number of nitrogens with one attached hydrogen (secondary N) is 2. The molecular weight excluding hydrogens is 742 g/mol. The van der Waals surface area contributed by atoms with Crippen LogP contribution in [0.4, 0.5) is 32.5 Å². The molecule has 3 aliphatic heterocycles. The van der Waals surface area contributed by atoms with Gasteiger partial charge in [-0.1, -0.05) is 18.9 Å². The molecule has 0 spiro atoms. The maximum Gasteiger partial charge on any atom is 0.329 e. The van der Waals surface area contributed by atoms with Gasteiger partial charge in [0.2, 0.25) is 11.9 Å². The zero-order valence-corrected chi connectivity index (χ0v) is 33.1. The number of ketones is 1. The lowest BCUT2D eigenvalue weighted by atomic mass is 9.86. The highest BCUT2D eigenvalue weighted by molar-refractivity contribution is 6.09. The van der Waals surface area contributed by atoms with Crippen molar-refractivity contribution < 1.29 is 18.8 Å². The molecule has 4 aliphatic rings. The summed E-state index contributed by atoms with van der Waals surface area (Å²) in [7, 11) is 1.82. The topological polar surface area (TPSA) is 163 Å². The third kappa shape index (κ3) is 6.96. The lowest BCUT2D eigenvalue weighted by molar-refractivity contribution is -0.120. The lowest BCUT2D eigenvalue weighted by Crippen LogP contribution is -2.63. The lowest BCUT2D eigenvalue weighted by Gasteiger charge is -2.50. The summed E-state index contributed by atoms with van der Waals surface area (Å²) in [5.74, 6) is 0.901. The zero-order chi connectivity index (χ0) is 40.3. The summed E-state index contributed by atoms with van der Waals surface area (Å²) >= 11 is 0. The maximum atomic E-state index is 15.9. The van der Waals surface area contributed by atoms with Crippen LogP contribution in [-0.2, 0) is 18.3 Å². The number of alkyl halides is 1. The van der Waals surface area contributed by atoms with E-state index >= 15 is 4.39 Å². The Balaban J connectivity index is 0.782. The molecule has 2 N–H and O–H groups in total. The van der Waals surface area contributed by atoms with Crippen LogP contribution in [0.2, 0.25) is 0 Å². The number of hydrogen-bond donors (Lipinski definition) is 2. The van der Waals surface area contributed by atoms with Crippen LogP contribution in [0.15, 0.2) is 47.5 Å². The standard InChI is InChI=1S/C42H48FN11O4/c1-25-32-22-45-40(48-37(32)54(29-6-4-5-7-29)39(57)36(25)26(2)55)46-34-11-9-30(21-44-34)51-17-13-28(14-18-51)52-23-42(43,24-52)16-12-27-8-10-31-33(20-27)50(3)49-38(31)53-19-15-35(56)47-41(53)58/h8-11,20-22,28-29H,4-7,12-19,23-24H2,1-3H3,(H,47,56,58)(H,44,45,46,48). The van der Waals surface area contributed by atoms with E-state index in [1.165, 1.54) is 11.8 Å². The Morgan fingerprint density at radius 1 is 0.966 bits per heavy atom. The molecule has 15 nitrogen and oxygen atoms in total. The van der Waals surface area contributed by atoms with E-state index in [4.69, 9.17) is 4.98 Å². The van der Waals surface area contributed by atoms with E-state index in [1.54, 1.807) is 22.4 Å². The Morgan fingerprint density at radius 2 is 1.74 bits per heavy atom. The van der Waals surface area contributed by atoms with Crippen LogP contribution in [0.25, 0.3) is 21.9 Å². The number of anilines is 4. The van der Waals surface area contributed by atoms with Gasteiger partial charge in [-0.3, -0.25) is 38.7 Å². The largest absolute Gasteiger partial charge is 0.370 e. The number of carbonyl (C=O) groups excluding carboxylic acids is 3. The van der Waals surface area contributed by atoms with E-state index in [0.717, 1.165) is 73.8 Å². The van der Waals surface area contributed by atoms with E-state index in [2.05, 4.69) is 35.5 Å². The predicted molar refractivity (Wildman–Crippen MR) is 219 cm³/mol. The van der Waals surface area contributed by atoms with Crippen molar-refractivity contribution in [2.45, 2.75) is 89.4 Å². The van der Waals surface area contributed by atoms with Crippen molar-refractivity contribution in [1.82, 2.24) is 39.5 Å². The van der Waals surface area contributed by atoms with Crippen molar-refractivity contribution in [3.63, 3.8) is 0 Å². The number of pyridine rings is 2. The van der Waals surface area contributed by atoms with Crippen LogP contribution in [0.3, 0.4) is 0 Å². The third-order valence-electron chi connectivity index (χ3n) is 12.6. The quantitative estimate of drug-likeness (QED) is 0.172. The van der Waals surface area contributed by atoms with Crippen molar-refractivity contribution in [1.29, 1.82) is 0 Å². The SMILES string of the molecule is CC(=O)c1c(C)c2cnc(Nc3ccc(N4CCC(N5CC(F)(CCc6ccc7c(N8CCC(=O)NC8=O)nn(C)c7c6)C5)CC4)cn3)nc2n(C2CCCC2)c1=O. The fourth-order valence-corrected chi connectivity index (χ4v) is 9.43. The number of nitrogens with zero attached hydrogens (tertiary/aromatic N) is 9. The van der Waals surface area contributed by atoms with Gasteiger partial charge in [-0.05, 0) is 87.8 Å². The molecule has 5 aromatic rings. The van der Waals surface area contributed by atoms with Crippen molar-refractivity contribution >= 4 is 62.9 Å². The molecule has 9 rings (SSSR count). The molecule has 16 heteroatoms. The number of rotatable bonds is 10. The fraction of sp³-hybridized carbons (Fsp3) is 0.476. The van der Waals surface area contributed by atoms with Gasteiger partial charge in [0, 0.05) is 75.2 Å². The molecule has 0 radical (unpaired) electrons. The van der Waals surface area contributed by atoms with Crippen LogP contribution in [0, 0.1) is 6.92 Å².